The third-order valence-electron chi connectivity index (χ3n) is 1.15. The molecule has 1 heterocycles. The number of hydrogen-bond acceptors (Lipinski definition) is 3. The van der Waals surface area contributed by atoms with Gasteiger partial charge in [-0.2, -0.15) is 4.91 Å². The van der Waals surface area contributed by atoms with E-state index in [0.29, 0.717) is 0 Å². The molecule has 0 bridgehead atoms. The Bertz CT molecular complexity index is 206. The predicted octanol–water partition coefficient (Wildman–Crippen LogP) is 0.985. The average molecular weight is 125 g/mol. The lowest BCUT2D eigenvalue weighted by atomic mass is 10.3. The van der Waals surface area contributed by atoms with Crippen LogP contribution in [0.25, 0.3) is 0 Å². The van der Waals surface area contributed by atoms with Crippen LogP contribution in [0.5, 0.6) is 0 Å². The summed E-state index contributed by atoms with van der Waals surface area (Å²) in [7, 11) is 0. The van der Waals surface area contributed by atoms with Crippen LogP contribution in [0, 0.1) is 11.8 Å². The van der Waals surface area contributed by atoms with E-state index in [4.69, 9.17) is 0 Å². The number of aryl methyl sites for hydroxylation is 1. The van der Waals surface area contributed by atoms with Gasteiger partial charge in [0, 0.05) is 5.69 Å². The highest BCUT2D eigenvalue weighted by Gasteiger charge is 1.97. The van der Waals surface area contributed by atoms with E-state index in [1.807, 2.05) is 6.92 Å². The first-order chi connectivity index (χ1) is 4.34. The number of aromatic amines is 1. The summed E-state index contributed by atoms with van der Waals surface area (Å²) in [6.07, 6.45) is 1.55. The van der Waals surface area contributed by atoms with Crippen molar-refractivity contribution in [3.63, 3.8) is 0 Å². The maximum atomic E-state index is 9.72. The van der Waals surface area contributed by atoms with Crippen LogP contribution in [0.1, 0.15) is 11.4 Å². The molecule has 4 heteroatoms. The van der Waals surface area contributed by atoms with E-state index in [2.05, 4.69) is 15.1 Å². The fraction of sp³-hybridized carbons (Fsp3) is 0.400. The average Bonchev–Trinajstić information content (AvgIpc) is 2.18. The topological polar surface area (TPSA) is 58.1 Å². The van der Waals surface area contributed by atoms with Gasteiger partial charge in [0.25, 0.3) is 0 Å². The Kier molecular flexibility index (Phi) is 1.58. The van der Waals surface area contributed by atoms with Crippen LogP contribution in [-0.2, 0) is 6.54 Å². The van der Waals surface area contributed by atoms with Crippen molar-refractivity contribution in [2.75, 3.05) is 0 Å². The number of H-pyrrole nitrogens is 1. The van der Waals surface area contributed by atoms with Crippen molar-refractivity contribution in [1.82, 2.24) is 9.97 Å². The molecule has 9 heavy (non-hydrogen) atoms. The Morgan fingerprint density at radius 3 is 3.11 bits per heavy atom. The SMILES string of the molecule is Cc1[nH]cnc1CN=O. The lowest BCUT2D eigenvalue weighted by Gasteiger charge is -1.85. The van der Waals surface area contributed by atoms with Gasteiger partial charge in [-0.05, 0) is 6.92 Å². The number of hydrogen-bond donors (Lipinski definition) is 1. The Morgan fingerprint density at radius 2 is 2.67 bits per heavy atom. The second-order valence-electron chi connectivity index (χ2n) is 1.76. The lowest BCUT2D eigenvalue weighted by molar-refractivity contribution is 0.982. The second-order valence-corrected chi connectivity index (χ2v) is 1.76. The Morgan fingerprint density at radius 1 is 1.89 bits per heavy atom. The molecule has 0 spiro atoms. The van der Waals surface area contributed by atoms with E-state index in [1.165, 1.54) is 0 Å². The number of nitrogens with one attached hydrogen (secondary N) is 1. The molecular formula is C5H7N3O. The van der Waals surface area contributed by atoms with Gasteiger partial charge in [-0.15, -0.1) is 0 Å². The molecule has 4 nitrogen and oxygen atoms in total. The second kappa shape index (κ2) is 2.39. The maximum Gasteiger partial charge on any atom is 0.125 e. The monoisotopic (exact) mass is 125 g/mol. The van der Waals surface area contributed by atoms with E-state index < -0.39 is 0 Å². The third kappa shape index (κ3) is 1.13. The van der Waals surface area contributed by atoms with Crippen LogP contribution in [0.15, 0.2) is 11.5 Å². The first-order valence-corrected chi connectivity index (χ1v) is 2.62. The minimum atomic E-state index is 0.162. The highest BCUT2D eigenvalue weighted by molar-refractivity contribution is 5.07. The Hall–Kier alpha value is -1.19. The van der Waals surface area contributed by atoms with Gasteiger partial charge in [0.05, 0.1) is 12.0 Å². The summed E-state index contributed by atoms with van der Waals surface area (Å²) in [6, 6.07) is 0. The molecule has 0 saturated heterocycles. The highest BCUT2D eigenvalue weighted by Crippen LogP contribution is 2.00. The molecule has 0 saturated carbocycles. The lowest BCUT2D eigenvalue weighted by Crippen LogP contribution is -1.82. The first kappa shape index (κ1) is 5.94. The van der Waals surface area contributed by atoms with Crippen molar-refractivity contribution in [2.24, 2.45) is 5.18 Å². The van der Waals surface area contributed by atoms with Crippen LogP contribution in [0.3, 0.4) is 0 Å². The van der Waals surface area contributed by atoms with Crippen LogP contribution >= 0.6 is 0 Å². The van der Waals surface area contributed by atoms with Gasteiger partial charge in [-0.3, -0.25) is 0 Å². The van der Waals surface area contributed by atoms with Gasteiger partial charge in [0.1, 0.15) is 6.54 Å². The summed E-state index contributed by atoms with van der Waals surface area (Å²) in [5, 5.41) is 2.71. The van der Waals surface area contributed by atoms with Crippen LogP contribution in [0.2, 0.25) is 0 Å². The standard InChI is InChI=1S/C5H7N3O/c1-4-5(2-8-9)7-3-6-4/h3H,2H2,1H3,(H,6,7). The summed E-state index contributed by atoms with van der Waals surface area (Å²) in [5.74, 6) is 0. The highest BCUT2D eigenvalue weighted by atomic mass is 16.3. The zero-order valence-corrected chi connectivity index (χ0v) is 5.09. The summed E-state index contributed by atoms with van der Waals surface area (Å²) >= 11 is 0. The molecule has 0 fully saturated rings. The van der Waals surface area contributed by atoms with Gasteiger partial charge in [0.15, 0.2) is 0 Å². The quantitative estimate of drug-likeness (QED) is 0.599. The summed E-state index contributed by atoms with van der Waals surface area (Å²) in [5.41, 5.74) is 1.64. The van der Waals surface area contributed by atoms with Gasteiger partial charge in [0.2, 0.25) is 0 Å². The van der Waals surface area contributed by atoms with Gasteiger partial charge in [-0.25, -0.2) is 4.98 Å². The largest absolute Gasteiger partial charge is 0.348 e. The first-order valence-electron chi connectivity index (χ1n) is 2.62. The number of rotatable bonds is 2. The number of nitroso groups, excluding NO2 is 1. The van der Waals surface area contributed by atoms with Crippen molar-refractivity contribution in [2.45, 2.75) is 13.5 Å². The molecule has 1 aromatic heterocycles. The van der Waals surface area contributed by atoms with Crippen LogP contribution < -0.4 is 0 Å². The van der Waals surface area contributed by atoms with Crippen molar-refractivity contribution in [3.8, 4) is 0 Å². The van der Waals surface area contributed by atoms with Crippen molar-refractivity contribution < 1.29 is 0 Å². The summed E-state index contributed by atoms with van der Waals surface area (Å²) in [4.78, 5) is 16.4. The van der Waals surface area contributed by atoms with Gasteiger partial charge >= 0.3 is 0 Å². The molecule has 1 aromatic rings. The van der Waals surface area contributed by atoms with Crippen LogP contribution in [-0.4, -0.2) is 9.97 Å². The maximum absolute atomic E-state index is 9.72. The molecule has 1 rings (SSSR count). The molecule has 0 aliphatic heterocycles. The van der Waals surface area contributed by atoms with E-state index >= 15 is 0 Å². The molecule has 0 atom stereocenters. The molecular weight excluding hydrogens is 118 g/mol. The predicted molar refractivity (Wildman–Crippen MR) is 32.8 cm³/mol. The van der Waals surface area contributed by atoms with E-state index in [9.17, 15) is 4.91 Å². The minimum Gasteiger partial charge on any atom is -0.348 e. The molecule has 0 amide bonds. The van der Waals surface area contributed by atoms with Crippen molar-refractivity contribution in [3.05, 3.63) is 22.6 Å². The fourth-order valence-electron chi connectivity index (χ4n) is 0.608. The van der Waals surface area contributed by atoms with E-state index in [0.717, 1.165) is 11.4 Å². The molecule has 1 N–H and O–H groups in total. The van der Waals surface area contributed by atoms with Crippen molar-refractivity contribution >= 4 is 0 Å². The number of aromatic nitrogens is 2. The molecule has 48 valence electrons. The van der Waals surface area contributed by atoms with Gasteiger partial charge < -0.3 is 4.98 Å². The summed E-state index contributed by atoms with van der Waals surface area (Å²) < 4.78 is 0. The van der Waals surface area contributed by atoms with E-state index in [-0.39, 0.29) is 6.54 Å². The van der Waals surface area contributed by atoms with Crippen LogP contribution in [0.4, 0.5) is 0 Å². The molecule has 0 unspecified atom stereocenters. The van der Waals surface area contributed by atoms with Gasteiger partial charge in [-0.1, -0.05) is 5.18 Å². The smallest absolute Gasteiger partial charge is 0.125 e. The third-order valence-corrected chi connectivity index (χ3v) is 1.15. The van der Waals surface area contributed by atoms with E-state index in [1.54, 1.807) is 6.33 Å². The Balaban J connectivity index is 2.80. The number of imidazole rings is 1. The normalized spacial score (nSPS) is 9.44. The molecule has 0 aliphatic carbocycles. The minimum absolute atomic E-state index is 0.162. The van der Waals surface area contributed by atoms with Crippen molar-refractivity contribution in [1.29, 1.82) is 0 Å². The fourth-order valence-corrected chi connectivity index (χ4v) is 0.608. The number of nitrogens with zero attached hydrogens (tertiary/aromatic N) is 2. The molecule has 0 aromatic carbocycles. The Labute approximate surface area is 52.3 Å². The summed E-state index contributed by atoms with van der Waals surface area (Å²) in [6.45, 7) is 2.02. The zero-order valence-electron chi connectivity index (χ0n) is 5.09. The molecule has 0 aliphatic rings. The molecule has 0 radical (unpaired) electrons. The zero-order chi connectivity index (χ0) is 6.69.